The van der Waals surface area contributed by atoms with Gasteiger partial charge in [0.1, 0.15) is 0 Å². The maximum atomic E-state index is 12.7. The number of aromatic nitrogens is 3. The smallest absolute Gasteiger partial charge is 0.317 e. The van der Waals surface area contributed by atoms with E-state index in [2.05, 4.69) is 27.2 Å². The number of nitrogens with zero attached hydrogens (tertiary/aromatic N) is 3. The zero-order valence-electron chi connectivity index (χ0n) is 16.3. The number of nitrogens with two attached hydrogens (primary N) is 1. The normalized spacial score (nSPS) is 14.2. The second kappa shape index (κ2) is 7.87. The standard InChI is InChI=1S/C22H23N5O2/c1-2-15-8-6-7-11-17(15)24-21-26-18(25-20(23)27-21)14-29-19(28)22(12-13-22)16-9-4-3-5-10-16/h3-11H,2,12-14H2,1H3,(H3,23,24,25,26,27). The molecule has 1 fully saturated rings. The number of para-hydroxylation sites is 1. The van der Waals surface area contributed by atoms with Gasteiger partial charge in [-0.25, -0.2) is 0 Å². The summed E-state index contributed by atoms with van der Waals surface area (Å²) < 4.78 is 5.54. The SMILES string of the molecule is CCc1ccccc1Nc1nc(N)nc(COC(=O)C2(c3ccccc3)CC2)n1. The van der Waals surface area contributed by atoms with Crippen LogP contribution in [0.2, 0.25) is 0 Å². The maximum absolute atomic E-state index is 12.7. The molecular formula is C22H23N5O2. The van der Waals surface area contributed by atoms with E-state index in [1.54, 1.807) is 0 Å². The van der Waals surface area contributed by atoms with Crippen molar-refractivity contribution in [3.05, 3.63) is 71.5 Å². The Morgan fingerprint density at radius 1 is 1.07 bits per heavy atom. The number of carbonyl (C=O) groups excluding carboxylic acids is 1. The molecule has 0 radical (unpaired) electrons. The minimum absolute atomic E-state index is 0.0513. The van der Waals surface area contributed by atoms with E-state index in [4.69, 9.17) is 10.5 Å². The molecule has 0 unspecified atom stereocenters. The molecule has 1 aliphatic rings. The molecule has 0 saturated heterocycles. The van der Waals surface area contributed by atoms with Crippen LogP contribution >= 0.6 is 0 Å². The monoisotopic (exact) mass is 389 g/mol. The number of hydrogen-bond donors (Lipinski definition) is 2. The van der Waals surface area contributed by atoms with Crippen LogP contribution in [0.4, 0.5) is 17.6 Å². The lowest BCUT2D eigenvalue weighted by molar-refractivity contribution is -0.148. The largest absolute Gasteiger partial charge is 0.457 e. The van der Waals surface area contributed by atoms with E-state index in [0.29, 0.717) is 11.8 Å². The van der Waals surface area contributed by atoms with Gasteiger partial charge in [-0.1, -0.05) is 55.5 Å². The fraction of sp³-hybridized carbons (Fsp3) is 0.273. The summed E-state index contributed by atoms with van der Waals surface area (Å²) in [6, 6.07) is 17.6. The fourth-order valence-electron chi connectivity index (χ4n) is 3.39. The summed E-state index contributed by atoms with van der Waals surface area (Å²) in [5.41, 5.74) is 8.32. The van der Waals surface area contributed by atoms with Gasteiger partial charge in [0.05, 0.1) is 5.41 Å². The molecule has 7 nitrogen and oxygen atoms in total. The minimum atomic E-state index is -0.541. The minimum Gasteiger partial charge on any atom is -0.457 e. The molecule has 3 aromatic rings. The first kappa shape index (κ1) is 18.9. The molecular weight excluding hydrogens is 366 g/mol. The van der Waals surface area contributed by atoms with Crippen LogP contribution in [0.1, 0.15) is 36.7 Å². The summed E-state index contributed by atoms with van der Waals surface area (Å²) in [4.78, 5) is 25.3. The molecule has 0 amide bonds. The van der Waals surface area contributed by atoms with E-state index in [0.717, 1.165) is 36.1 Å². The molecule has 0 spiro atoms. The van der Waals surface area contributed by atoms with Crippen LogP contribution < -0.4 is 11.1 Å². The number of esters is 1. The van der Waals surface area contributed by atoms with Crippen LogP contribution in [-0.4, -0.2) is 20.9 Å². The molecule has 4 rings (SSSR count). The van der Waals surface area contributed by atoms with Gasteiger partial charge < -0.3 is 15.8 Å². The quantitative estimate of drug-likeness (QED) is 0.596. The number of aryl methyl sites for hydroxylation is 1. The second-order valence-corrected chi connectivity index (χ2v) is 7.09. The lowest BCUT2D eigenvalue weighted by Crippen LogP contribution is -2.23. The van der Waals surface area contributed by atoms with Gasteiger partial charge in [0.2, 0.25) is 11.9 Å². The Morgan fingerprint density at radius 3 is 2.52 bits per heavy atom. The molecule has 3 N–H and O–H groups in total. The first-order valence-corrected chi connectivity index (χ1v) is 9.69. The topological polar surface area (TPSA) is 103 Å². The van der Waals surface area contributed by atoms with Gasteiger partial charge in [0.25, 0.3) is 0 Å². The van der Waals surface area contributed by atoms with Crippen molar-refractivity contribution < 1.29 is 9.53 Å². The predicted molar refractivity (Wildman–Crippen MR) is 110 cm³/mol. The van der Waals surface area contributed by atoms with Crippen molar-refractivity contribution in [3.63, 3.8) is 0 Å². The van der Waals surface area contributed by atoms with Crippen molar-refractivity contribution in [1.29, 1.82) is 0 Å². The third-order valence-corrected chi connectivity index (χ3v) is 5.14. The van der Waals surface area contributed by atoms with Crippen LogP contribution in [0.25, 0.3) is 0 Å². The average Bonchev–Trinajstić information content (AvgIpc) is 3.55. The van der Waals surface area contributed by atoms with Gasteiger partial charge in [-0.2, -0.15) is 15.0 Å². The number of nitrogen functional groups attached to an aromatic ring is 1. The number of nitrogens with one attached hydrogen (secondary N) is 1. The molecule has 2 aromatic carbocycles. The van der Waals surface area contributed by atoms with Crippen LogP contribution in [-0.2, 0) is 28.0 Å². The van der Waals surface area contributed by atoms with Gasteiger partial charge in [-0.15, -0.1) is 0 Å². The molecule has 148 valence electrons. The van der Waals surface area contributed by atoms with Crippen molar-refractivity contribution in [1.82, 2.24) is 15.0 Å². The van der Waals surface area contributed by atoms with Crippen molar-refractivity contribution >= 4 is 23.6 Å². The summed E-state index contributed by atoms with van der Waals surface area (Å²) in [5, 5.41) is 3.18. The van der Waals surface area contributed by atoms with E-state index < -0.39 is 5.41 Å². The highest BCUT2D eigenvalue weighted by Gasteiger charge is 2.52. The second-order valence-electron chi connectivity index (χ2n) is 7.09. The van der Waals surface area contributed by atoms with Crippen LogP contribution in [0.15, 0.2) is 54.6 Å². The summed E-state index contributed by atoms with van der Waals surface area (Å²) >= 11 is 0. The van der Waals surface area contributed by atoms with Crippen LogP contribution in [0, 0.1) is 0 Å². The Kier molecular flexibility index (Phi) is 5.12. The Hall–Kier alpha value is -3.48. The van der Waals surface area contributed by atoms with E-state index in [1.165, 1.54) is 0 Å². The Labute approximate surface area is 169 Å². The van der Waals surface area contributed by atoms with Crippen molar-refractivity contribution in [3.8, 4) is 0 Å². The molecule has 1 saturated carbocycles. The fourth-order valence-corrected chi connectivity index (χ4v) is 3.39. The van der Waals surface area contributed by atoms with Gasteiger partial charge in [0, 0.05) is 5.69 Å². The van der Waals surface area contributed by atoms with Gasteiger partial charge in [0.15, 0.2) is 12.4 Å². The number of rotatable bonds is 7. The number of hydrogen-bond acceptors (Lipinski definition) is 7. The Morgan fingerprint density at radius 2 is 1.79 bits per heavy atom. The molecule has 29 heavy (non-hydrogen) atoms. The zero-order valence-corrected chi connectivity index (χ0v) is 16.3. The highest BCUT2D eigenvalue weighted by Crippen LogP contribution is 2.49. The van der Waals surface area contributed by atoms with Gasteiger partial charge in [-0.05, 0) is 36.5 Å². The molecule has 0 aliphatic heterocycles. The lowest BCUT2D eigenvalue weighted by atomic mass is 9.96. The summed E-state index contributed by atoms with van der Waals surface area (Å²) in [7, 11) is 0. The molecule has 7 heteroatoms. The maximum Gasteiger partial charge on any atom is 0.317 e. The third-order valence-electron chi connectivity index (χ3n) is 5.14. The first-order valence-electron chi connectivity index (χ1n) is 9.69. The first-order chi connectivity index (χ1) is 14.1. The summed E-state index contributed by atoms with van der Waals surface area (Å²) in [6.07, 6.45) is 2.45. The Bertz CT molecular complexity index is 1020. The highest BCUT2D eigenvalue weighted by atomic mass is 16.5. The molecule has 1 heterocycles. The van der Waals surface area contributed by atoms with E-state index in [-0.39, 0.29) is 18.5 Å². The highest BCUT2D eigenvalue weighted by molar-refractivity contribution is 5.86. The van der Waals surface area contributed by atoms with Crippen LogP contribution in [0.3, 0.4) is 0 Å². The summed E-state index contributed by atoms with van der Waals surface area (Å²) in [5.74, 6) is 0.458. The van der Waals surface area contributed by atoms with Gasteiger partial charge in [-0.3, -0.25) is 4.79 Å². The third kappa shape index (κ3) is 4.03. The number of benzene rings is 2. The molecule has 0 atom stereocenters. The van der Waals surface area contributed by atoms with Crippen molar-refractivity contribution in [2.24, 2.45) is 0 Å². The molecule has 1 aromatic heterocycles. The summed E-state index contributed by atoms with van der Waals surface area (Å²) in [6.45, 7) is 2.03. The van der Waals surface area contributed by atoms with Gasteiger partial charge >= 0.3 is 5.97 Å². The number of carbonyl (C=O) groups is 1. The van der Waals surface area contributed by atoms with Crippen molar-refractivity contribution in [2.75, 3.05) is 11.1 Å². The van der Waals surface area contributed by atoms with E-state index in [9.17, 15) is 4.79 Å². The Balaban J connectivity index is 1.46. The average molecular weight is 389 g/mol. The molecule has 0 bridgehead atoms. The number of ether oxygens (including phenoxy) is 1. The molecule has 1 aliphatic carbocycles. The lowest BCUT2D eigenvalue weighted by Gasteiger charge is -2.15. The van der Waals surface area contributed by atoms with E-state index >= 15 is 0 Å². The van der Waals surface area contributed by atoms with Crippen molar-refractivity contribution in [2.45, 2.75) is 38.2 Å². The number of anilines is 3. The predicted octanol–water partition coefficient (Wildman–Crippen LogP) is 3.53. The van der Waals surface area contributed by atoms with E-state index in [1.807, 2.05) is 54.6 Å². The zero-order chi connectivity index (χ0) is 20.3. The van der Waals surface area contributed by atoms with Crippen LogP contribution in [0.5, 0.6) is 0 Å².